The van der Waals surface area contributed by atoms with Gasteiger partial charge in [-0.3, -0.25) is 4.79 Å². The number of nitrogens with one attached hydrogen (secondary N) is 1. The van der Waals surface area contributed by atoms with Crippen LogP contribution < -0.4 is 5.32 Å². The number of carbonyl (C=O) groups excluding carboxylic acids is 1. The Morgan fingerprint density at radius 1 is 0.969 bits per heavy atom. The van der Waals surface area contributed by atoms with E-state index >= 15 is 0 Å². The Hall–Kier alpha value is -2.50. The van der Waals surface area contributed by atoms with E-state index in [0.29, 0.717) is 6.42 Å². The number of amides is 1. The van der Waals surface area contributed by atoms with Gasteiger partial charge in [0.05, 0.1) is 23.7 Å². The molecule has 32 heavy (non-hydrogen) atoms. The van der Waals surface area contributed by atoms with E-state index in [4.69, 9.17) is 4.98 Å². The van der Waals surface area contributed by atoms with E-state index in [1.165, 1.54) is 0 Å². The summed E-state index contributed by atoms with van der Waals surface area (Å²) in [6.07, 6.45) is 1.13. The van der Waals surface area contributed by atoms with Crippen LogP contribution in [0.3, 0.4) is 0 Å². The highest BCUT2D eigenvalue weighted by molar-refractivity contribution is 9.10. The number of nitrogens with zero attached hydrogens (tertiary/aromatic N) is 1. The number of carbonyl (C=O) groups is 1. The Labute approximate surface area is 205 Å². The fraction of sp³-hybridized carbons (Fsp3) is 0.185. The minimum absolute atomic E-state index is 0.00483. The third kappa shape index (κ3) is 4.94. The molecule has 162 valence electrons. The summed E-state index contributed by atoms with van der Waals surface area (Å²) >= 11 is 7.08. The fourth-order valence-electron chi connectivity index (χ4n) is 4.03. The van der Waals surface area contributed by atoms with Crippen molar-refractivity contribution in [3.05, 3.63) is 98.4 Å². The topological polar surface area (TPSA) is 42.0 Å². The van der Waals surface area contributed by atoms with Gasteiger partial charge in [-0.15, -0.1) is 0 Å². The van der Waals surface area contributed by atoms with Crippen molar-refractivity contribution in [1.82, 2.24) is 10.3 Å². The Morgan fingerprint density at radius 2 is 1.66 bits per heavy atom. The maximum atomic E-state index is 13.2. The van der Waals surface area contributed by atoms with Crippen LogP contribution in [0.4, 0.5) is 0 Å². The molecule has 0 radical (unpaired) electrons. The van der Waals surface area contributed by atoms with Crippen molar-refractivity contribution in [1.29, 1.82) is 0 Å². The van der Waals surface area contributed by atoms with E-state index in [-0.39, 0.29) is 11.9 Å². The second-order valence-corrected chi connectivity index (χ2v) is 9.68. The standard InChI is InChI=1S/C27H24Br2N2O/c1-3-24(18-7-5-4-6-8-18)30-26(32)16-22-17(2)27(19-9-11-20(28)12-10-19)31-25-14-13-21(29)15-23(22)25/h4-15,24H,3,16H2,1-2H3,(H,30,32)/t24-/m0/s1. The van der Waals surface area contributed by atoms with E-state index < -0.39 is 0 Å². The van der Waals surface area contributed by atoms with Crippen LogP contribution in [-0.2, 0) is 11.2 Å². The molecule has 0 fully saturated rings. The van der Waals surface area contributed by atoms with Crippen molar-refractivity contribution in [3.63, 3.8) is 0 Å². The first-order valence-electron chi connectivity index (χ1n) is 10.6. The molecule has 0 bridgehead atoms. The number of pyridine rings is 1. The minimum Gasteiger partial charge on any atom is -0.349 e. The van der Waals surface area contributed by atoms with Gasteiger partial charge in [-0.1, -0.05) is 81.2 Å². The third-order valence-electron chi connectivity index (χ3n) is 5.72. The van der Waals surface area contributed by atoms with Gasteiger partial charge in [0.2, 0.25) is 5.91 Å². The first-order chi connectivity index (χ1) is 15.5. The molecule has 1 aromatic heterocycles. The number of hydrogen-bond acceptors (Lipinski definition) is 2. The monoisotopic (exact) mass is 550 g/mol. The van der Waals surface area contributed by atoms with E-state index in [9.17, 15) is 4.79 Å². The number of hydrogen-bond donors (Lipinski definition) is 1. The lowest BCUT2D eigenvalue weighted by Crippen LogP contribution is -2.29. The van der Waals surface area contributed by atoms with Gasteiger partial charge in [0.25, 0.3) is 0 Å². The quantitative estimate of drug-likeness (QED) is 0.269. The molecule has 0 aliphatic heterocycles. The van der Waals surface area contributed by atoms with Gasteiger partial charge in [-0.2, -0.15) is 0 Å². The average Bonchev–Trinajstić information content (AvgIpc) is 2.80. The molecule has 0 saturated carbocycles. The highest BCUT2D eigenvalue weighted by Gasteiger charge is 2.18. The maximum Gasteiger partial charge on any atom is 0.224 e. The molecule has 0 spiro atoms. The van der Waals surface area contributed by atoms with E-state index in [1.807, 2.05) is 42.5 Å². The first kappa shape index (κ1) is 22.7. The van der Waals surface area contributed by atoms with Gasteiger partial charge < -0.3 is 5.32 Å². The molecule has 1 amide bonds. The van der Waals surface area contributed by atoms with E-state index in [0.717, 1.165) is 54.2 Å². The Bertz CT molecular complexity index is 1250. The number of aromatic nitrogens is 1. The van der Waals surface area contributed by atoms with Gasteiger partial charge in [-0.25, -0.2) is 4.98 Å². The smallest absolute Gasteiger partial charge is 0.224 e. The summed E-state index contributed by atoms with van der Waals surface area (Å²) in [7, 11) is 0. The summed E-state index contributed by atoms with van der Waals surface area (Å²) < 4.78 is 2.00. The summed E-state index contributed by atoms with van der Waals surface area (Å²) in [6, 6.07) is 24.3. The van der Waals surface area contributed by atoms with E-state index in [2.05, 4.69) is 81.4 Å². The highest BCUT2D eigenvalue weighted by atomic mass is 79.9. The molecule has 0 saturated heterocycles. The third-order valence-corrected chi connectivity index (χ3v) is 6.75. The minimum atomic E-state index is -0.00483. The molecule has 0 aliphatic rings. The van der Waals surface area contributed by atoms with Crippen LogP contribution in [0.15, 0.2) is 81.7 Å². The summed E-state index contributed by atoms with van der Waals surface area (Å²) in [5.41, 5.74) is 5.99. The van der Waals surface area contributed by atoms with Crippen LogP contribution in [-0.4, -0.2) is 10.9 Å². The van der Waals surface area contributed by atoms with Crippen LogP contribution >= 0.6 is 31.9 Å². The number of fused-ring (bicyclic) bond motifs is 1. The van der Waals surface area contributed by atoms with Gasteiger partial charge in [0.1, 0.15) is 0 Å². The number of halogens is 2. The number of benzene rings is 3. The Kier molecular flexibility index (Phi) is 7.07. The first-order valence-corrected chi connectivity index (χ1v) is 12.2. The zero-order valence-corrected chi connectivity index (χ0v) is 21.2. The normalized spacial score (nSPS) is 12.0. The van der Waals surface area contributed by atoms with Crippen molar-refractivity contribution in [2.24, 2.45) is 0 Å². The molecule has 3 nitrogen and oxygen atoms in total. The van der Waals surface area contributed by atoms with E-state index in [1.54, 1.807) is 0 Å². The highest BCUT2D eigenvalue weighted by Crippen LogP contribution is 2.32. The van der Waals surface area contributed by atoms with Gasteiger partial charge in [0, 0.05) is 19.9 Å². The largest absolute Gasteiger partial charge is 0.349 e. The molecule has 1 atom stereocenters. The predicted octanol–water partition coefficient (Wildman–Crippen LogP) is 7.55. The molecule has 3 aromatic carbocycles. The van der Waals surface area contributed by atoms with Crippen molar-refractivity contribution in [2.45, 2.75) is 32.7 Å². The summed E-state index contributed by atoms with van der Waals surface area (Å²) in [5, 5.41) is 4.23. The zero-order chi connectivity index (χ0) is 22.7. The fourth-order valence-corrected chi connectivity index (χ4v) is 4.65. The summed E-state index contributed by atoms with van der Waals surface area (Å²) in [4.78, 5) is 18.1. The molecule has 0 aliphatic carbocycles. The van der Waals surface area contributed by atoms with Crippen molar-refractivity contribution in [2.75, 3.05) is 0 Å². The average molecular weight is 552 g/mol. The molecular weight excluding hydrogens is 528 g/mol. The van der Waals surface area contributed by atoms with Crippen LogP contribution in [0.25, 0.3) is 22.2 Å². The predicted molar refractivity (Wildman–Crippen MR) is 139 cm³/mol. The van der Waals surface area contributed by atoms with Crippen LogP contribution in [0.5, 0.6) is 0 Å². The lowest BCUT2D eigenvalue weighted by molar-refractivity contribution is -0.121. The second kappa shape index (κ2) is 9.97. The van der Waals surface area contributed by atoms with Crippen LogP contribution in [0.2, 0.25) is 0 Å². The zero-order valence-electron chi connectivity index (χ0n) is 18.0. The van der Waals surface area contributed by atoms with Crippen LogP contribution in [0.1, 0.15) is 36.1 Å². The van der Waals surface area contributed by atoms with Gasteiger partial charge in [0.15, 0.2) is 0 Å². The molecule has 5 heteroatoms. The summed E-state index contributed by atoms with van der Waals surface area (Å²) in [5.74, 6) is 0.0121. The van der Waals surface area contributed by atoms with Gasteiger partial charge in [-0.05, 0) is 60.4 Å². The molecular formula is C27H24Br2N2O. The molecule has 0 unspecified atom stereocenters. The second-order valence-electron chi connectivity index (χ2n) is 7.85. The van der Waals surface area contributed by atoms with Crippen molar-refractivity contribution >= 4 is 48.7 Å². The van der Waals surface area contributed by atoms with Crippen molar-refractivity contribution < 1.29 is 4.79 Å². The summed E-state index contributed by atoms with van der Waals surface area (Å²) in [6.45, 7) is 4.15. The molecule has 4 aromatic rings. The lowest BCUT2D eigenvalue weighted by Gasteiger charge is -2.19. The van der Waals surface area contributed by atoms with Crippen LogP contribution in [0, 0.1) is 6.92 Å². The van der Waals surface area contributed by atoms with Crippen molar-refractivity contribution in [3.8, 4) is 11.3 Å². The Morgan fingerprint density at radius 3 is 2.34 bits per heavy atom. The molecule has 1 N–H and O–H groups in total. The maximum absolute atomic E-state index is 13.2. The molecule has 4 rings (SSSR count). The SMILES string of the molecule is CC[C@H](NC(=O)Cc1c(C)c(-c2ccc(Br)cc2)nc2ccc(Br)cc12)c1ccccc1. The lowest BCUT2D eigenvalue weighted by atomic mass is 9.95. The number of rotatable bonds is 6. The van der Waals surface area contributed by atoms with Gasteiger partial charge >= 0.3 is 0 Å². The molecule has 1 heterocycles. The Balaban J connectivity index is 1.73.